The summed E-state index contributed by atoms with van der Waals surface area (Å²) in [7, 11) is 0. The van der Waals surface area contributed by atoms with Gasteiger partial charge in [0.2, 0.25) is 0 Å². The van der Waals surface area contributed by atoms with Crippen molar-refractivity contribution in [2.75, 3.05) is 18.2 Å². The lowest BCUT2D eigenvalue weighted by Crippen LogP contribution is -2.28. The van der Waals surface area contributed by atoms with Crippen molar-refractivity contribution in [3.8, 4) is 0 Å². The fraction of sp³-hybridized carbons (Fsp3) is 0.364. The summed E-state index contributed by atoms with van der Waals surface area (Å²) in [6.45, 7) is 2.85. The molecule has 1 saturated heterocycles. The van der Waals surface area contributed by atoms with Crippen molar-refractivity contribution in [3.63, 3.8) is 0 Å². The van der Waals surface area contributed by atoms with Crippen LogP contribution >= 0.6 is 27.7 Å². The Hall–Kier alpha value is -0.480. The summed E-state index contributed by atoms with van der Waals surface area (Å²) >= 11 is 5.21. The van der Waals surface area contributed by atoms with Crippen LogP contribution in [0.5, 0.6) is 0 Å². The van der Waals surface area contributed by atoms with Crippen LogP contribution in [0.1, 0.15) is 15.9 Å². The lowest BCUT2D eigenvalue weighted by Gasteiger charge is -2.15. The monoisotopic (exact) mass is 285 g/mol. The summed E-state index contributed by atoms with van der Waals surface area (Å²) in [4.78, 5) is 14.0. The second-order valence-corrected chi connectivity index (χ2v) is 5.56. The number of nitrogens with zero attached hydrogens (tertiary/aromatic N) is 1. The molecule has 15 heavy (non-hydrogen) atoms. The van der Waals surface area contributed by atoms with E-state index in [1.807, 2.05) is 41.8 Å². The van der Waals surface area contributed by atoms with Crippen LogP contribution in [0.3, 0.4) is 0 Å². The van der Waals surface area contributed by atoms with E-state index < -0.39 is 0 Å². The molecule has 0 atom stereocenters. The van der Waals surface area contributed by atoms with Gasteiger partial charge in [-0.15, -0.1) is 11.8 Å². The summed E-state index contributed by atoms with van der Waals surface area (Å²) in [5.74, 6) is 2.04. The molecule has 1 aromatic rings. The van der Waals surface area contributed by atoms with Gasteiger partial charge in [-0.1, -0.05) is 15.9 Å². The van der Waals surface area contributed by atoms with Crippen molar-refractivity contribution in [3.05, 3.63) is 33.8 Å². The van der Waals surface area contributed by atoms with Crippen molar-refractivity contribution in [1.29, 1.82) is 0 Å². The molecule has 80 valence electrons. The van der Waals surface area contributed by atoms with Gasteiger partial charge >= 0.3 is 0 Å². The lowest BCUT2D eigenvalue weighted by molar-refractivity contribution is 0.0802. The average molecular weight is 286 g/mol. The Morgan fingerprint density at radius 1 is 1.53 bits per heavy atom. The van der Waals surface area contributed by atoms with Crippen LogP contribution in [0.25, 0.3) is 0 Å². The Kier molecular flexibility index (Phi) is 3.36. The molecule has 1 aliphatic rings. The minimum Gasteiger partial charge on any atom is -0.329 e. The van der Waals surface area contributed by atoms with E-state index in [4.69, 9.17) is 0 Å². The lowest BCUT2D eigenvalue weighted by atomic mass is 10.1. The second-order valence-electron chi connectivity index (χ2n) is 3.57. The van der Waals surface area contributed by atoms with Gasteiger partial charge < -0.3 is 4.90 Å². The van der Waals surface area contributed by atoms with Crippen molar-refractivity contribution in [1.82, 2.24) is 4.90 Å². The molecule has 1 amide bonds. The molecule has 1 heterocycles. The minimum atomic E-state index is 0.157. The number of amides is 1. The maximum Gasteiger partial charge on any atom is 0.254 e. The number of carbonyl (C=O) groups is 1. The standard InChI is InChI=1S/C11H12BrNOS/c1-8-6-9(12)2-3-10(8)11(14)13-4-5-15-7-13/h2-3,6H,4-5,7H2,1H3. The Bertz CT molecular complexity index is 388. The zero-order valence-electron chi connectivity index (χ0n) is 8.50. The molecule has 0 bridgehead atoms. The molecule has 1 aliphatic heterocycles. The van der Waals surface area contributed by atoms with Crippen LogP contribution in [0.15, 0.2) is 22.7 Å². The van der Waals surface area contributed by atoms with E-state index in [2.05, 4.69) is 15.9 Å². The number of thioether (sulfide) groups is 1. The summed E-state index contributed by atoms with van der Waals surface area (Å²) in [5, 5.41) is 0. The highest BCUT2D eigenvalue weighted by Gasteiger charge is 2.20. The van der Waals surface area contributed by atoms with E-state index in [-0.39, 0.29) is 5.91 Å². The van der Waals surface area contributed by atoms with Gasteiger partial charge in [0.15, 0.2) is 0 Å². The molecule has 0 N–H and O–H groups in total. The minimum absolute atomic E-state index is 0.157. The maximum atomic E-state index is 12.1. The Labute approximate surface area is 102 Å². The number of hydrogen-bond acceptors (Lipinski definition) is 2. The molecule has 0 saturated carbocycles. The summed E-state index contributed by atoms with van der Waals surface area (Å²) in [6.07, 6.45) is 0. The summed E-state index contributed by atoms with van der Waals surface area (Å²) in [5.41, 5.74) is 1.85. The molecule has 1 aromatic carbocycles. The van der Waals surface area contributed by atoms with Crippen LogP contribution in [-0.2, 0) is 0 Å². The van der Waals surface area contributed by atoms with Gasteiger partial charge in [-0.25, -0.2) is 0 Å². The Balaban J connectivity index is 2.24. The van der Waals surface area contributed by atoms with Crippen molar-refractivity contribution in [2.24, 2.45) is 0 Å². The molecule has 0 aromatic heterocycles. The fourth-order valence-corrected chi connectivity index (χ4v) is 3.03. The van der Waals surface area contributed by atoms with Crippen LogP contribution in [0.2, 0.25) is 0 Å². The first-order chi connectivity index (χ1) is 7.18. The van der Waals surface area contributed by atoms with Crippen molar-refractivity contribution in [2.45, 2.75) is 6.92 Å². The van der Waals surface area contributed by atoms with E-state index in [0.717, 1.165) is 33.8 Å². The first-order valence-electron chi connectivity index (χ1n) is 4.81. The number of halogens is 1. The quantitative estimate of drug-likeness (QED) is 0.791. The van der Waals surface area contributed by atoms with Gasteiger partial charge in [-0.2, -0.15) is 0 Å². The second kappa shape index (κ2) is 4.58. The number of hydrogen-bond donors (Lipinski definition) is 0. The maximum absolute atomic E-state index is 12.1. The normalized spacial score (nSPS) is 15.7. The summed E-state index contributed by atoms with van der Waals surface area (Å²) in [6, 6.07) is 5.80. The third kappa shape index (κ3) is 2.37. The Morgan fingerprint density at radius 3 is 2.93 bits per heavy atom. The highest BCUT2D eigenvalue weighted by Crippen LogP contribution is 2.21. The first kappa shape index (κ1) is 11.0. The zero-order chi connectivity index (χ0) is 10.8. The van der Waals surface area contributed by atoms with Crippen LogP contribution in [0, 0.1) is 6.92 Å². The average Bonchev–Trinajstić information content (AvgIpc) is 2.69. The van der Waals surface area contributed by atoms with E-state index in [9.17, 15) is 4.79 Å². The smallest absolute Gasteiger partial charge is 0.254 e. The van der Waals surface area contributed by atoms with Gasteiger partial charge in [0.25, 0.3) is 5.91 Å². The van der Waals surface area contributed by atoms with Gasteiger partial charge in [0, 0.05) is 22.3 Å². The fourth-order valence-electron chi connectivity index (χ4n) is 1.61. The molecule has 0 spiro atoms. The van der Waals surface area contributed by atoms with Gasteiger partial charge in [-0.3, -0.25) is 4.79 Å². The zero-order valence-corrected chi connectivity index (χ0v) is 10.9. The first-order valence-corrected chi connectivity index (χ1v) is 6.76. The topological polar surface area (TPSA) is 20.3 Å². The Morgan fingerprint density at radius 2 is 2.33 bits per heavy atom. The molecule has 1 fully saturated rings. The largest absolute Gasteiger partial charge is 0.329 e. The SMILES string of the molecule is Cc1cc(Br)ccc1C(=O)N1CCSC1. The third-order valence-electron chi connectivity index (χ3n) is 2.46. The number of aryl methyl sites for hydroxylation is 1. The molecule has 0 unspecified atom stereocenters. The molecule has 2 nitrogen and oxygen atoms in total. The van der Waals surface area contributed by atoms with Crippen LogP contribution < -0.4 is 0 Å². The predicted molar refractivity (Wildman–Crippen MR) is 67.2 cm³/mol. The molecular formula is C11H12BrNOS. The molecule has 0 radical (unpaired) electrons. The number of benzene rings is 1. The van der Waals surface area contributed by atoms with Crippen LogP contribution in [0.4, 0.5) is 0 Å². The molecule has 2 rings (SSSR count). The van der Waals surface area contributed by atoms with Crippen molar-refractivity contribution >= 4 is 33.6 Å². The van der Waals surface area contributed by atoms with E-state index in [1.165, 1.54) is 0 Å². The van der Waals surface area contributed by atoms with E-state index in [1.54, 1.807) is 0 Å². The highest BCUT2D eigenvalue weighted by molar-refractivity contribution is 9.10. The van der Waals surface area contributed by atoms with E-state index in [0.29, 0.717) is 0 Å². The van der Waals surface area contributed by atoms with Crippen LogP contribution in [-0.4, -0.2) is 29.0 Å². The molecule has 4 heteroatoms. The number of carbonyl (C=O) groups excluding carboxylic acids is 1. The summed E-state index contributed by atoms with van der Waals surface area (Å²) < 4.78 is 1.02. The van der Waals surface area contributed by atoms with Gasteiger partial charge in [0.05, 0.1) is 5.88 Å². The number of rotatable bonds is 1. The molecule has 0 aliphatic carbocycles. The highest BCUT2D eigenvalue weighted by atomic mass is 79.9. The van der Waals surface area contributed by atoms with Crippen molar-refractivity contribution < 1.29 is 4.79 Å². The molecular weight excluding hydrogens is 274 g/mol. The predicted octanol–water partition coefficient (Wildman–Crippen LogP) is 2.90. The third-order valence-corrected chi connectivity index (χ3v) is 3.92. The van der Waals surface area contributed by atoms with E-state index >= 15 is 0 Å². The van der Waals surface area contributed by atoms with Gasteiger partial charge in [0.1, 0.15) is 0 Å². The van der Waals surface area contributed by atoms with Gasteiger partial charge in [-0.05, 0) is 30.7 Å².